The minimum atomic E-state index is -3.75. The van der Waals surface area contributed by atoms with Crippen LogP contribution in [0.5, 0.6) is 0 Å². The third-order valence-electron chi connectivity index (χ3n) is 2.21. The lowest BCUT2D eigenvalue weighted by Crippen LogP contribution is -2.11. The molecular weight excluding hydrogens is 272 g/mol. The van der Waals surface area contributed by atoms with E-state index in [0.29, 0.717) is 6.42 Å². The summed E-state index contributed by atoms with van der Waals surface area (Å²) >= 11 is 0. The maximum Gasteiger partial charge on any atom is 0.329 e. The molecule has 0 unspecified atom stereocenters. The second-order valence-electron chi connectivity index (χ2n) is 3.89. The van der Waals surface area contributed by atoms with E-state index in [1.807, 2.05) is 6.92 Å². The molecule has 0 saturated heterocycles. The Morgan fingerprint density at radius 3 is 2.42 bits per heavy atom. The van der Waals surface area contributed by atoms with Gasteiger partial charge in [-0.25, -0.2) is 4.79 Å². The third kappa shape index (κ3) is 5.82. The molecule has 0 aliphatic heterocycles. The molecule has 7 heteroatoms. The molecule has 0 aromatic heterocycles. The van der Waals surface area contributed by atoms with Crippen LogP contribution in [-0.4, -0.2) is 39.3 Å². The zero-order valence-corrected chi connectivity index (χ0v) is 11.4. The van der Waals surface area contributed by atoms with Gasteiger partial charge in [0.1, 0.15) is 6.61 Å². The van der Waals surface area contributed by atoms with Gasteiger partial charge < -0.3 is 9.84 Å². The summed E-state index contributed by atoms with van der Waals surface area (Å²) in [4.78, 5) is 10.3. The normalized spacial score (nSPS) is 11.4. The highest BCUT2D eigenvalue weighted by molar-refractivity contribution is 7.86. The van der Waals surface area contributed by atoms with Crippen molar-refractivity contribution in [1.82, 2.24) is 0 Å². The maximum absolute atomic E-state index is 11.7. The molecule has 0 aliphatic carbocycles. The first-order valence-corrected chi connectivity index (χ1v) is 7.08. The Balaban J connectivity index is 2.35. The van der Waals surface area contributed by atoms with Gasteiger partial charge in [0.25, 0.3) is 10.1 Å². The summed E-state index contributed by atoms with van der Waals surface area (Å²) in [6.45, 7) is 1.55. The monoisotopic (exact) mass is 288 g/mol. The van der Waals surface area contributed by atoms with Gasteiger partial charge in [-0.2, -0.15) is 8.42 Å². The SMILES string of the molecule is Cc1ccc(S(=O)(=O)OCCCOCC(=O)O)cc1. The van der Waals surface area contributed by atoms with Crippen LogP contribution in [0, 0.1) is 6.92 Å². The number of aliphatic carboxylic acids is 1. The van der Waals surface area contributed by atoms with E-state index in [4.69, 9.17) is 14.0 Å². The molecule has 0 bridgehead atoms. The fraction of sp³-hybridized carbons (Fsp3) is 0.417. The summed E-state index contributed by atoms with van der Waals surface area (Å²) in [6, 6.07) is 6.33. The molecule has 0 aliphatic rings. The Labute approximate surface area is 112 Å². The number of carboxylic acid groups (broad SMARTS) is 1. The Bertz CT molecular complexity index is 506. The van der Waals surface area contributed by atoms with Crippen molar-refractivity contribution >= 4 is 16.1 Å². The summed E-state index contributed by atoms with van der Waals surface area (Å²) in [5.74, 6) is -1.06. The minimum absolute atomic E-state index is 0.0458. The first-order chi connectivity index (χ1) is 8.92. The molecule has 0 atom stereocenters. The highest BCUT2D eigenvalue weighted by Gasteiger charge is 2.14. The molecule has 1 rings (SSSR count). The van der Waals surface area contributed by atoms with Gasteiger partial charge in [0, 0.05) is 6.61 Å². The molecule has 1 N–H and O–H groups in total. The number of hydrogen-bond donors (Lipinski definition) is 1. The van der Waals surface area contributed by atoms with Gasteiger partial charge in [0.05, 0.1) is 11.5 Å². The highest BCUT2D eigenvalue weighted by atomic mass is 32.2. The summed E-state index contributed by atoms with van der Waals surface area (Å²) in [5, 5.41) is 8.32. The molecule has 0 radical (unpaired) electrons. The van der Waals surface area contributed by atoms with Gasteiger partial charge >= 0.3 is 5.97 Å². The lowest BCUT2D eigenvalue weighted by atomic mass is 10.2. The number of benzene rings is 1. The average molecular weight is 288 g/mol. The predicted octanol–water partition coefficient (Wildman–Crippen LogP) is 1.19. The molecule has 0 heterocycles. The molecule has 6 nitrogen and oxygen atoms in total. The van der Waals surface area contributed by atoms with Crippen LogP contribution < -0.4 is 0 Å². The third-order valence-corrected chi connectivity index (χ3v) is 3.53. The van der Waals surface area contributed by atoms with Crippen molar-refractivity contribution in [2.24, 2.45) is 0 Å². The Hall–Kier alpha value is -1.44. The van der Waals surface area contributed by atoms with Gasteiger partial charge in [0.2, 0.25) is 0 Å². The van der Waals surface area contributed by atoms with Crippen molar-refractivity contribution in [2.45, 2.75) is 18.2 Å². The van der Waals surface area contributed by atoms with Crippen LogP contribution in [0.3, 0.4) is 0 Å². The van der Waals surface area contributed by atoms with Gasteiger partial charge in [-0.05, 0) is 25.5 Å². The lowest BCUT2D eigenvalue weighted by molar-refractivity contribution is -0.142. The Morgan fingerprint density at radius 2 is 1.84 bits per heavy atom. The van der Waals surface area contributed by atoms with Crippen LogP contribution in [0.15, 0.2) is 29.2 Å². The van der Waals surface area contributed by atoms with E-state index in [1.54, 1.807) is 12.1 Å². The fourth-order valence-corrected chi connectivity index (χ4v) is 2.20. The largest absolute Gasteiger partial charge is 0.480 e. The first-order valence-electron chi connectivity index (χ1n) is 5.67. The van der Waals surface area contributed by atoms with E-state index in [-0.39, 0.29) is 18.1 Å². The number of carboxylic acids is 1. The van der Waals surface area contributed by atoms with E-state index < -0.39 is 22.7 Å². The zero-order chi connectivity index (χ0) is 14.3. The maximum atomic E-state index is 11.7. The van der Waals surface area contributed by atoms with E-state index in [2.05, 4.69) is 0 Å². The summed E-state index contributed by atoms with van der Waals surface area (Å²) in [6.07, 6.45) is 0.304. The Kier molecular flexibility index (Phi) is 5.94. The van der Waals surface area contributed by atoms with Crippen LogP contribution in [-0.2, 0) is 23.8 Å². The zero-order valence-electron chi connectivity index (χ0n) is 10.5. The van der Waals surface area contributed by atoms with E-state index >= 15 is 0 Å². The second-order valence-corrected chi connectivity index (χ2v) is 5.50. The first kappa shape index (κ1) is 15.6. The molecule has 106 valence electrons. The molecule has 19 heavy (non-hydrogen) atoms. The molecular formula is C12H16O6S. The van der Waals surface area contributed by atoms with E-state index in [1.165, 1.54) is 12.1 Å². The Morgan fingerprint density at radius 1 is 1.21 bits per heavy atom. The van der Waals surface area contributed by atoms with Crippen molar-refractivity contribution < 1.29 is 27.2 Å². The number of rotatable bonds is 8. The number of hydrogen-bond acceptors (Lipinski definition) is 5. The van der Waals surface area contributed by atoms with Gasteiger partial charge in [-0.1, -0.05) is 17.7 Å². The highest BCUT2D eigenvalue weighted by Crippen LogP contribution is 2.13. The lowest BCUT2D eigenvalue weighted by Gasteiger charge is -2.06. The number of carbonyl (C=O) groups is 1. The molecule has 0 saturated carbocycles. The van der Waals surface area contributed by atoms with Crippen molar-refractivity contribution in [1.29, 1.82) is 0 Å². The molecule has 0 spiro atoms. The quantitative estimate of drug-likeness (QED) is 0.571. The topological polar surface area (TPSA) is 89.9 Å². The van der Waals surface area contributed by atoms with E-state index in [0.717, 1.165) is 5.56 Å². The molecule has 0 amide bonds. The average Bonchev–Trinajstić information content (AvgIpc) is 2.34. The van der Waals surface area contributed by atoms with Gasteiger partial charge in [-0.15, -0.1) is 0 Å². The fourth-order valence-electron chi connectivity index (χ4n) is 1.26. The van der Waals surface area contributed by atoms with E-state index in [9.17, 15) is 13.2 Å². The number of aryl methyl sites for hydroxylation is 1. The summed E-state index contributed by atoms with van der Waals surface area (Å²) in [7, 11) is -3.75. The van der Waals surface area contributed by atoms with Crippen molar-refractivity contribution in [3.63, 3.8) is 0 Å². The standard InChI is InChI=1S/C12H16O6S/c1-10-3-5-11(6-4-10)19(15,16)18-8-2-7-17-9-12(13)14/h3-6H,2,7-9H2,1H3,(H,13,14). The van der Waals surface area contributed by atoms with Crippen molar-refractivity contribution in [3.8, 4) is 0 Å². The predicted molar refractivity (Wildman–Crippen MR) is 67.4 cm³/mol. The van der Waals surface area contributed by atoms with Crippen LogP contribution in [0.4, 0.5) is 0 Å². The smallest absolute Gasteiger partial charge is 0.329 e. The van der Waals surface area contributed by atoms with Crippen molar-refractivity contribution in [2.75, 3.05) is 19.8 Å². The van der Waals surface area contributed by atoms with Crippen LogP contribution in [0.2, 0.25) is 0 Å². The molecule has 1 aromatic carbocycles. The van der Waals surface area contributed by atoms with Gasteiger partial charge in [0.15, 0.2) is 0 Å². The van der Waals surface area contributed by atoms with Crippen LogP contribution >= 0.6 is 0 Å². The van der Waals surface area contributed by atoms with Crippen molar-refractivity contribution in [3.05, 3.63) is 29.8 Å². The van der Waals surface area contributed by atoms with Gasteiger partial charge in [-0.3, -0.25) is 4.18 Å². The molecule has 0 fully saturated rings. The second kappa shape index (κ2) is 7.22. The summed E-state index contributed by atoms with van der Waals surface area (Å²) in [5.41, 5.74) is 0.959. The van der Waals surface area contributed by atoms with Crippen LogP contribution in [0.1, 0.15) is 12.0 Å². The van der Waals surface area contributed by atoms with Crippen LogP contribution in [0.25, 0.3) is 0 Å². The minimum Gasteiger partial charge on any atom is -0.480 e. The number of ether oxygens (including phenoxy) is 1. The summed E-state index contributed by atoms with van der Waals surface area (Å²) < 4.78 is 33.0. The molecule has 1 aromatic rings.